The van der Waals surface area contributed by atoms with Gasteiger partial charge in [0.2, 0.25) is 0 Å². The summed E-state index contributed by atoms with van der Waals surface area (Å²) in [5, 5.41) is 9.55. The minimum Gasteiger partial charge on any atom is -0.385 e. The van der Waals surface area contributed by atoms with Gasteiger partial charge in [0.15, 0.2) is 0 Å². The highest BCUT2D eigenvalue weighted by molar-refractivity contribution is 5.75. The number of aliphatic hydroxyl groups excluding tert-OH is 1. The van der Waals surface area contributed by atoms with Crippen molar-refractivity contribution in [1.82, 2.24) is 9.55 Å². The molecule has 3 nitrogen and oxygen atoms in total. The molecule has 1 aromatic heterocycles. The molecule has 2 aromatic rings. The van der Waals surface area contributed by atoms with E-state index in [1.807, 2.05) is 28.8 Å². The van der Waals surface area contributed by atoms with E-state index in [9.17, 15) is 5.11 Å². The van der Waals surface area contributed by atoms with E-state index in [0.717, 1.165) is 23.4 Å². The fourth-order valence-electron chi connectivity index (χ4n) is 1.75. The normalized spacial score (nSPS) is 13.4. The van der Waals surface area contributed by atoms with E-state index >= 15 is 0 Å². The van der Waals surface area contributed by atoms with Crippen molar-refractivity contribution in [1.29, 1.82) is 0 Å². The van der Waals surface area contributed by atoms with Crippen LogP contribution in [-0.2, 0) is 6.54 Å². The highest BCUT2D eigenvalue weighted by Crippen LogP contribution is 2.19. The van der Waals surface area contributed by atoms with Crippen LogP contribution in [0.4, 0.5) is 0 Å². The first-order valence-electron chi connectivity index (χ1n) is 4.87. The van der Waals surface area contributed by atoms with Crippen molar-refractivity contribution in [2.45, 2.75) is 26.5 Å². The van der Waals surface area contributed by atoms with Gasteiger partial charge in [-0.25, -0.2) is 4.98 Å². The van der Waals surface area contributed by atoms with Crippen molar-refractivity contribution < 1.29 is 5.11 Å². The van der Waals surface area contributed by atoms with Crippen molar-refractivity contribution >= 4 is 11.0 Å². The first kappa shape index (κ1) is 9.21. The third-order valence-electron chi connectivity index (χ3n) is 2.37. The van der Waals surface area contributed by atoms with Gasteiger partial charge in [-0.3, -0.25) is 0 Å². The minimum atomic E-state index is -0.512. The van der Waals surface area contributed by atoms with E-state index in [1.165, 1.54) is 0 Å². The molecule has 0 aliphatic carbocycles. The molecule has 0 spiro atoms. The van der Waals surface area contributed by atoms with Crippen LogP contribution in [0, 0.1) is 0 Å². The Balaban J connectivity index is 2.72. The van der Waals surface area contributed by atoms with Gasteiger partial charge in [-0.15, -0.1) is 0 Å². The Morgan fingerprint density at radius 2 is 2.14 bits per heavy atom. The van der Waals surface area contributed by atoms with E-state index in [-0.39, 0.29) is 0 Å². The average Bonchev–Trinajstić information content (AvgIpc) is 2.56. The number of hydrogen-bond acceptors (Lipinski definition) is 2. The second kappa shape index (κ2) is 3.42. The number of aliphatic hydroxyl groups is 1. The Kier molecular flexibility index (Phi) is 2.25. The third-order valence-corrected chi connectivity index (χ3v) is 2.37. The summed E-state index contributed by atoms with van der Waals surface area (Å²) < 4.78 is 2.04. The topological polar surface area (TPSA) is 38.0 Å². The maximum absolute atomic E-state index is 9.55. The molecule has 2 rings (SSSR count). The Morgan fingerprint density at radius 1 is 1.43 bits per heavy atom. The van der Waals surface area contributed by atoms with Crippen molar-refractivity contribution in [3.8, 4) is 0 Å². The average molecular weight is 190 g/mol. The number of aryl methyl sites for hydroxylation is 1. The van der Waals surface area contributed by atoms with E-state index in [0.29, 0.717) is 0 Å². The van der Waals surface area contributed by atoms with Crippen LogP contribution in [0.15, 0.2) is 24.3 Å². The number of para-hydroxylation sites is 2. The van der Waals surface area contributed by atoms with Crippen molar-refractivity contribution in [3.63, 3.8) is 0 Å². The zero-order chi connectivity index (χ0) is 10.1. The maximum atomic E-state index is 9.55. The lowest BCUT2D eigenvalue weighted by molar-refractivity contribution is 0.184. The molecule has 1 atom stereocenters. The molecule has 0 saturated carbocycles. The van der Waals surface area contributed by atoms with Gasteiger partial charge in [-0.1, -0.05) is 12.1 Å². The third kappa shape index (κ3) is 1.30. The van der Waals surface area contributed by atoms with Gasteiger partial charge in [-0.2, -0.15) is 0 Å². The molecule has 3 heteroatoms. The fraction of sp³-hybridized carbons (Fsp3) is 0.364. The van der Waals surface area contributed by atoms with Crippen LogP contribution >= 0.6 is 0 Å². The zero-order valence-electron chi connectivity index (χ0n) is 8.44. The lowest BCUT2D eigenvalue weighted by Gasteiger charge is -2.07. The number of imidazole rings is 1. The summed E-state index contributed by atoms with van der Waals surface area (Å²) in [6.07, 6.45) is -0.512. The number of fused-ring (bicyclic) bond motifs is 1. The number of nitrogens with zero attached hydrogens (tertiary/aromatic N) is 2. The van der Waals surface area contributed by atoms with Crippen LogP contribution in [0.25, 0.3) is 11.0 Å². The number of aromatic nitrogens is 2. The quantitative estimate of drug-likeness (QED) is 0.787. The van der Waals surface area contributed by atoms with Crippen molar-refractivity contribution in [2.75, 3.05) is 0 Å². The Bertz CT molecular complexity index is 445. The first-order chi connectivity index (χ1) is 6.74. The molecule has 0 amide bonds. The molecule has 1 N–H and O–H groups in total. The lowest BCUT2D eigenvalue weighted by Crippen LogP contribution is -2.04. The first-order valence-corrected chi connectivity index (χ1v) is 4.87. The Morgan fingerprint density at radius 3 is 2.79 bits per heavy atom. The van der Waals surface area contributed by atoms with E-state index < -0.39 is 6.10 Å². The number of benzene rings is 1. The van der Waals surface area contributed by atoms with Gasteiger partial charge in [0, 0.05) is 6.54 Å². The van der Waals surface area contributed by atoms with Crippen LogP contribution in [0.5, 0.6) is 0 Å². The molecule has 1 aromatic carbocycles. The second-order valence-corrected chi connectivity index (χ2v) is 3.38. The van der Waals surface area contributed by atoms with Gasteiger partial charge < -0.3 is 9.67 Å². The standard InChI is InChI=1S/C11H14N2O/c1-3-13-10-7-5-4-6-9(10)12-11(13)8(2)14/h4-8,14H,3H2,1-2H3/t8-/m1/s1. The summed E-state index contributed by atoms with van der Waals surface area (Å²) >= 11 is 0. The van der Waals surface area contributed by atoms with Crippen LogP contribution in [-0.4, -0.2) is 14.7 Å². The zero-order valence-corrected chi connectivity index (χ0v) is 8.44. The molecule has 0 bridgehead atoms. The van der Waals surface area contributed by atoms with Gasteiger partial charge in [0.25, 0.3) is 0 Å². The minimum absolute atomic E-state index is 0.512. The fourth-order valence-corrected chi connectivity index (χ4v) is 1.75. The predicted molar refractivity (Wildman–Crippen MR) is 56.0 cm³/mol. The number of rotatable bonds is 2. The highest BCUT2D eigenvalue weighted by Gasteiger charge is 2.12. The van der Waals surface area contributed by atoms with E-state index in [2.05, 4.69) is 11.9 Å². The predicted octanol–water partition coefficient (Wildman–Crippen LogP) is 2.11. The molecule has 14 heavy (non-hydrogen) atoms. The second-order valence-electron chi connectivity index (χ2n) is 3.38. The molecule has 0 fully saturated rings. The monoisotopic (exact) mass is 190 g/mol. The molecule has 0 aliphatic rings. The molecule has 0 radical (unpaired) electrons. The van der Waals surface area contributed by atoms with Crippen LogP contribution in [0.1, 0.15) is 25.8 Å². The Labute approximate surface area is 83.0 Å². The molecule has 0 aliphatic heterocycles. The lowest BCUT2D eigenvalue weighted by atomic mass is 10.3. The summed E-state index contributed by atoms with van der Waals surface area (Å²) in [7, 11) is 0. The smallest absolute Gasteiger partial charge is 0.138 e. The van der Waals surface area contributed by atoms with Crippen LogP contribution in [0.2, 0.25) is 0 Å². The maximum Gasteiger partial charge on any atom is 0.138 e. The summed E-state index contributed by atoms with van der Waals surface area (Å²) in [6.45, 7) is 4.63. The molecule has 0 unspecified atom stereocenters. The SMILES string of the molecule is CCn1c([C@@H](C)O)nc2ccccc21. The van der Waals surface area contributed by atoms with Crippen LogP contribution in [0.3, 0.4) is 0 Å². The van der Waals surface area contributed by atoms with Crippen molar-refractivity contribution in [3.05, 3.63) is 30.1 Å². The highest BCUT2D eigenvalue weighted by atomic mass is 16.3. The summed E-state index contributed by atoms with van der Waals surface area (Å²) in [5.41, 5.74) is 2.04. The molecular formula is C11H14N2O. The molecule has 0 saturated heterocycles. The largest absolute Gasteiger partial charge is 0.385 e. The van der Waals surface area contributed by atoms with Gasteiger partial charge in [0.1, 0.15) is 11.9 Å². The summed E-state index contributed by atoms with van der Waals surface area (Å²) in [6, 6.07) is 7.94. The van der Waals surface area contributed by atoms with Crippen molar-refractivity contribution in [2.24, 2.45) is 0 Å². The van der Waals surface area contributed by atoms with Gasteiger partial charge >= 0.3 is 0 Å². The van der Waals surface area contributed by atoms with E-state index in [4.69, 9.17) is 0 Å². The molecular weight excluding hydrogens is 176 g/mol. The van der Waals surface area contributed by atoms with Gasteiger partial charge in [-0.05, 0) is 26.0 Å². The number of hydrogen-bond donors (Lipinski definition) is 1. The summed E-state index contributed by atoms with van der Waals surface area (Å²) in [4.78, 5) is 4.40. The van der Waals surface area contributed by atoms with Gasteiger partial charge in [0.05, 0.1) is 11.0 Å². The summed E-state index contributed by atoms with van der Waals surface area (Å²) in [5.74, 6) is 0.744. The Hall–Kier alpha value is -1.35. The molecule has 1 heterocycles. The molecule has 74 valence electrons. The van der Waals surface area contributed by atoms with Crippen LogP contribution < -0.4 is 0 Å². The van der Waals surface area contributed by atoms with E-state index in [1.54, 1.807) is 6.92 Å².